The molecule has 7 nitrogen and oxygen atoms in total. The van der Waals surface area contributed by atoms with E-state index in [0.29, 0.717) is 18.5 Å². The molecule has 1 atom stereocenters. The van der Waals surface area contributed by atoms with Crippen molar-refractivity contribution in [3.05, 3.63) is 39.9 Å². The summed E-state index contributed by atoms with van der Waals surface area (Å²) in [4.78, 5) is 34.7. The minimum Gasteiger partial charge on any atom is -0.481 e. The molecule has 1 aromatic carbocycles. The van der Waals surface area contributed by atoms with Crippen LogP contribution in [-0.2, 0) is 16.0 Å². The van der Waals surface area contributed by atoms with E-state index in [1.54, 1.807) is 18.2 Å². The van der Waals surface area contributed by atoms with Crippen molar-refractivity contribution >= 4 is 17.6 Å². The molecule has 1 amide bonds. The molecule has 1 N–H and O–H groups in total. The number of nitro benzene ring substituents is 1. The van der Waals surface area contributed by atoms with Gasteiger partial charge in [-0.05, 0) is 6.42 Å². The number of carbonyl (C=O) groups excluding carboxylic acids is 1. The molecule has 0 aromatic heterocycles. The van der Waals surface area contributed by atoms with Crippen LogP contribution in [-0.4, -0.2) is 39.9 Å². The van der Waals surface area contributed by atoms with Crippen molar-refractivity contribution in [3.63, 3.8) is 0 Å². The highest BCUT2D eigenvalue weighted by atomic mass is 16.6. The van der Waals surface area contributed by atoms with Gasteiger partial charge in [0.2, 0.25) is 5.91 Å². The molecule has 106 valence electrons. The lowest BCUT2D eigenvalue weighted by molar-refractivity contribution is -0.385. The summed E-state index contributed by atoms with van der Waals surface area (Å²) in [6, 6.07) is 6.08. The molecule has 7 heteroatoms. The Morgan fingerprint density at radius 1 is 1.40 bits per heavy atom. The van der Waals surface area contributed by atoms with Crippen LogP contribution in [0.4, 0.5) is 5.69 Å². The van der Waals surface area contributed by atoms with Crippen molar-refractivity contribution in [2.45, 2.75) is 12.8 Å². The lowest BCUT2D eigenvalue weighted by Crippen LogP contribution is -2.31. The fraction of sp³-hybridized carbons (Fsp3) is 0.385. The van der Waals surface area contributed by atoms with Crippen molar-refractivity contribution in [2.75, 3.05) is 13.1 Å². The Kier molecular flexibility index (Phi) is 3.97. The Bertz CT molecular complexity index is 557. The number of carboxylic acid groups (broad SMARTS) is 1. The van der Waals surface area contributed by atoms with Gasteiger partial charge in [-0.15, -0.1) is 0 Å². The normalized spacial score (nSPS) is 18.0. The zero-order chi connectivity index (χ0) is 14.7. The van der Waals surface area contributed by atoms with Crippen LogP contribution in [0.3, 0.4) is 0 Å². The van der Waals surface area contributed by atoms with Gasteiger partial charge >= 0.3 is 5.97 Å². The molecule has 1 fully saturated rings. The van der Waals surface area contributed by atoms with E-state index in [-0.39, 0.29) is 24.6 Å². The van der Waals surface area contributed by atoms with Gasteiger partial charge in [-0.25, -0.2) is 0 Å². The van der Waals surface area contributed by atoms with E-state index in [0.717, 1.165) is 0 Å². The zero-order valence-electron chi connectivity index (χ0n) is 10.7. The number of hydrogen-bond donors (Lipinski definition) is 1. The molecule has 1 heterocycles. The molecule has 1 unspecified atom stereocenters. The summed E-state index contributed by atoms with van der Waals surface area (Å²) in [5.41, 5.74) is 0.260. The topological polar surface area (TPSA) is 101 Å². The number of rotatable bonds is 4. The van der Waals surface area contributed by atoms with E-state index in [4.69, 9.17) is 5.11 Å². The van der Waals surface area contributed by atoms with Crippen molar-refractivity contribution in [3.8, 4) is 0 Å². The second-order valence-electron chi connectivity index (χ2n) is 4.73. The number of aliphatic carboxylic acids is 1. The first-order chi connectivity index (χ1) is 9.49. The Morgan fingerprint density at radius 2 is 2.10 bits per heavy atom. The van der Waals surface area contributed by atoms with Crippen LogP contribution in [0.2, 0.25) is 0 Å². The monoisotopic (exact) mass is 278 g/mol. The molecule has 1 aliphatic rings. The number of carbonyl (C=O) groups is 2. The molecular weight excluding hydrogens is 264 g/mol. The summed E-state index contributed by atoms with van der Waals surface area (Å²) >= 11 is 0. The molecule has 1 aromatic rings. The Hall–Kier alpha value is -2.44. The Labute approximate surface area is 115 Å². The quantitative estimate of drug-likeness (QED) is 0.655. The van der Waals surface area contributed by atoms with Gasteiger partial charge in [0.05, 0.1) is 17.3 Å². The molecule has 0 radical (unpaired) electrons. The first-order valence-corrected chi connectivity index (χ1v) is 6.22. The van der Waals surface area contributed by atoms with Crippen LogP contribution in [0, 0.1) is 16.0 Å². The number of likely N-dealkylation sites (tertiary alicyclic amines) is 1. The summed E-state index contributed by atoms with van der Waals surface area (Å²) in [7, 11) is 0. The van der Waals surface area contributed by atoms with E-state index < -0.39 is 16.8 Å². The number of hydrogen-bond acceptors (Lipinski definition) is 4. The number of benzene rings is 1. The zero-order valence-corrected chi connectivity index (χ0v) is 10.7. The maximum absolute atomic E-state index is 12.1. The standard InChI is InChI=1S/C13H14N2O5/c16-12(14-6-5-10(8-14)13(17)18)7-9-3-1-2-4-11(9)15(19)20/h1-4,10H,5-8H2,(H,17,18). The number of nitro groups is 1. The highest BCUT2D eigenvalue weighted by Crippen LogP contribution is 2.21. The van der Waals surface area contributed by atoms with Gasteiger partial charge < -0.3 is 10.0 Å². The third-order valence-corrected chi connectivity index (χ3v) is 3.42. The second kappa shape index (κ2) is 5.68. The molecule has 0 saturated carbocycles. The minimum absolute atomic E-state index is 0.0799. The predicted octanol–water partition coefficient (Wildman–Crippen LogP) is 1.07. The van der Waals surface area contributed by atoms with Crippen LogP contribution in [0.15, 0.2) is 24.3 Å². The fourth-order valence-electron chi connectivity index (χ4n) is 2.30. The van der Waals surface area contributed by atoms with Gasteiger partial charge in [-0.1, -0.05) is 18.2 Å². The van der Waals surface area contributed by atoms with Gasteiger partial charge in [0.25, 0.3) is 5.69 Å². The first-order valence-electron chi connectivity index (χ1n) is 6.22. The second-order valence-corrected chi connectivity index (χ2v) is 4.73. The Morgan fingerprint density at radius 3 is 2.70 bits per heavy atom. The molecule has 0 bridgehead atoms. The highest BCUT2D eigenvalue weighted by molar-refractivity contribution is 5.81. The van der Waals surface area contributed by atoms with E-state index in [1.165, 1.54) is 11.0 Å². The molecule has 1 aliphatic heterocycles. The largest absolute Gasteiger partial charge is 0.481 e. The average molecular weight is 278 g/mol. The smallest absolute Gasteiger partial charge is 0.308 e. The van der Waals surface area contributed by atoms with Crippen LogP contribution in [0.5, 0.6) is 0 Å². The third-order valence-electron chi connectivity index (χ3n) is 3.42. The fourth-order valence-corrected chi connectivity index (χ4v) is 2.30. The van der Waals surface area contributed by atoms with Crippen LogP contribution < -0.4 is 0 Å². The van der Waals surface area contributed by atoms with Crippen LogP contribution in [0.1, 0.15) is 12.0 Å². The number of nitrogens with zero attached hydrogens (tertiary/aromatic N) is 2. The molecule has 20 heavy (non-hydrogen) atoms. The summed E-state index contributed by atoms with van der Waals surface area (Å²) < 4.78 is 0. The summed E-state index contributed by atoms with van der Waals surface area (Å²) in [6.45, 7) is 0.561. The van der Waals surface area contributed by atoms with E-state index in [2.05, 4.69) is 0 Å². The number of para-hydroxylation sites is 1. The van der Waals surface area contributed by atoms with Crippen molar-refractivity contribution < 1.29 is 19.6 Å². The third kappa shape index (κ3) is 2.93. The maximum atomic E-state index is 12.1. The molecule has 2 rings (SSSR count). The van der Waals surface area contributed by atoms with Gasteiger partial charge in [0.15, 0.2) is 0 Å². The first kappa shape index (κ1) is 14.0. The van der Waals surface area contributed by atoms with E-state index in [1.807, 2.05) is 0 Å². The van der Waals surface area contributed by atoms with Crippen molar-refractivity contribution in [1.82, 2.24) is 4.90 Å². The summed E-state index contributed by atoms with van der Waals surface area (Å²) in [5.74, 6) is -1.72. The van der Waals surface area contributed by atoms with Crippen LogP contribution >= 0.6 is 0 Å². The van der Waals surface area contributed by atoms with Gasteiger partial charge in [-0.3, -0.25) is 19.7 Å². The number of amides is 1. The van der Waals surface area contributed by atoms with Gasteiger partial charge in [0, 0.05) is 24.7 Å². The predicted molar refractivity (Wildman–Crippen MR) is 69.1 cm³/mol. The maximum Gasteiger partial charge on any atom is 0.308 e. The summed E-state index contributed by atoms with van der Waals surface area (Å²) in [5, 5.41) is 19.8. The van der Waals surface area contributed by atoms with E-state index >= 15 is 0 Å². The Balaban J connectivity index is 2.06. The lowest BCUT2D eigenvalue weighted by atomic mass is 10.1. The number of carboxylic acids is 1. The van der Waals surface area contributed by atoms with Crippen LogP contribution in [0.25, 0.3) is 0 Å². The minimum atomic E-state index is -0.911. The highest BCUT2D eigenvalue weighted by Gasteiger charge is 2.31. The molecule has 0 spiro atoms. The molecular formula is C13H14N2O5. The van der Waals surface area contributed by atoms with Crippen molar-refractivity contribution in [2.24, 2.45) is 5.92 Å². The van der Waals surface area contributed by atoms with Gasteiger partial charge in [-0.2, -0.15) is 0 Å². The SMILES string of the molecule is O=C(O)C1CCN(C(=O)Cc2ccccc2[N+](=O)[O-])C1. The lowest BCUT2D eigenvalue weighted by Gasteiger charge is -2.15. The van der Waals surface area contributed by atoms with Crippen molar-refractivity contribution in [1.29, 1.82) is 0 Å². The van der Waals surface area contributed by atoms with E-state index in [9.17, 15) is 19.7 Å². The molecule has 1 saturated heterocycles. The molecule has 0 aliphatic carbocycles. The average Bonchev–Trinajstić information content (AvgIpc) is 2.89. The summed E-state index contributed by atoms with van der Waals surface area (Å²) in [6.07, 6.45) is 0.349. The van der Waals surface area contributed by atoms with Gasteiger partial charge in [0.1, 0.15) is 0 Å².